The van der Waals surface area contributed by atoms with Gasteiger partial charge in [-0.1, -0.05) is 66.2 Å². The van der Waals surface area contributed by atoms with Gasteiger partial charge in [-0.2, -0.15) is 0 Å². The minimum absolute atomic E-state index is 0.0676. The number of rotatable bonds is 3. The van der Waals surface area contributed by atoms with E-state index in [9.17, 15) is 14.7 Å². The molecule has 0 aliphatic carbocycles. The van der Waals surface area contributed by atoms with Gasteiger partial charge in [0.1, 0.15) is 5.76 Å². The summed E-state index contributed by atoms with van der Waals surface area (Å²) in [4.78, 5) is 32.2. The van der Waals surface area contributed by atoms with E-state index in [2.05, 4.69) is 4.98 Å². The number of pyridine rings is 1. The van der Waals surface area contributed by atoms with Crippen molar-refractivity contribution in [1.82, 2.24) is 4.98 Å². The zero-order chi connectivity index (χ0) is 22.2. The number of hydrogen-bond donors (Lipinski definition) is 1. The third-order valence-corrected chi connectivity index (χ3v) is 5.82. The number of aryl methyl sites for hydroxylation is 1. The number of fused-ring (bicyclic) bond motifs is 1. The van der Waals surface area contributed by atoms with E-state index in [1.807, 2.05) is 61.5 Å². The molecule has 4 aromatic rings. The van der Waals surface area contributed by atoms with Gasteiger partial charge in [-0.3, -0.25) is 19.5 Å². The summed E-state index contributed by atoms with van der Waals surface area (Å²) in [5, 5.41) is 13.0. The van der Waals surface area contributed by atoms with E-state index < -0.39 is 17.7 Å². The fourth-order valence-electron chi connectivity index (χ4n) is 4.23. The SMILES string of the molecule is Cc1ccc(/C(O)=C2\C(=O)C(=O)N(c3cccc4ccccc34)C2c2ccncc2)cc1. The lowest BCUT2D eigenvalue weighted by atomic mass is 9.95. The maximum absolute atomic E-state index is 13.3. The molecule has 1 amide bonds. The summed E-state index contributed by atoms with van der Waals surface area (Å²) >= 11 is 0. The Bertz CT molecular complexity index is 1370. The lowest BCUT2D eigenvalue weighted by Crippen LogP contribution is -2.29. The van der Waals surface area contributed by atoms with Crippen LogP contribution in [0, 0.1) is 6.92 Å². The van der Waals surface area contributed by atoms with E-state index in [0.29, 0.717) is 16.8 Å². The molecule has 0 bridgehead atoms. The van der Waals surface area contributed by atoms with Crippen molar-refractivity contribution in [3.8, 4) is 0 Å². The molecule has 2 heterocycles. The number of benzene rings is 3. The normalized spacial score (nSPS) is 17.8. The summed E-state index contributed by atoms with van der Waals surface area (Å²) in [6.07, 6.45) is 3.23. The third-order valence-electron chi connectivity index (χ3n) is 5.82. The first-order valence-electron chi connectivity index (χ1n) is 10.3. The number of carbonyl (C=O) groups is 2. The molecule has 1 unspecified atom stereocenters. The maximum atomic E-state index is 13.3. The molecule has 0 radical (unpaired) electrons. The Morgan fingerprint density at radius 2 is 1.56 bits per heavy atom. The number of nitrogens with zero attached hydrogens (tertiary/aromatic N) is 2. The average Bonchev–Trinajstić information content (AvgIpc) is 3.09. The van der Waals surface area contributed by atoms with Crippen LogP contribution in [0.3, 0.4) is 0 Å². The van der Waals surface area contributed by atoms with Crippen LogP contribution in [0.25, 0.3) is 16.5 Å². The molecule has 1 saturated heterocycles. The van der Waals surface area contributed by atoms with Crippen molar-refractivity contribution in [2.45, 2.75) is 13.0 Å². The fraction of sp³-hybridized carbons (Fsp3) is 0.0741. The summed E-state index contributed by atoms with van der Waals surface area (Å²) in [7, 11) is 0. The summed E-state index contributed by atoms with van der Waals surface area (Å²) in [6, 6.07) is 23.3. The van der Waals surface area contributed by atoms with Crippen LogP contribution >= 0.6 is 0 Å². The molecule has 1 atom stereocenters. The molecule has 5 heteroatoms. The van der Waals surface area contributed by atoms with Crippen molar-refractivity contribution >= 4 is 33.9 Å². The van der Waals surface area contributed by atoms with Gasteiger partial charge in [0.2, 0.25) is 0 Å². The van der Waals surface area contributed by atoms with Crippen molar-refractivity contribution in [3.05, 3.63) is 114 Å². The van der Waals surface area contributed by atoms with Gasteiger partial charge >= 0.3 is 0 Å². The summed E-state index contributed by atoms with van der Waals surface area (Å²) < 4.78 is 0. The van der Waals surface area contributed by atoms with Crippen molar-refractivity contribution in [3.63, 3.8) is 0 Å². The molecule has 1 aliphatic heterocycles. The number of hydrogen-bond acceptors (Lipinski definition) is 4. The highest BCUT2D eigenvalue weighted by molar-refractivity contribution is 6.52. The van der Waals surface area contributed by atoms with Crippen molar-refractivity contribution in [2.75, 3.05) is 4.90 Å². The zero-order valence-electron chi connectivity index (χ0n) is 17.4. The molecule has 1 N–H and O–H groups in total. The number of carbonyl (C=O) groups excluding carboxylic acids is 2. The quantitative estimate of drug-likeness (QED) is 0.282. The molecular formula is C27H20N2O3. The van der Waals surface area contributed by atoms with Gasteiger partial charge in [0.15, 0.2) is 0 Å². The first-order valence-corrected chi connectivity index (χ1v) is 10.3. The van der Waals surface area contributed by atoms with Gasteiger partial charge in [-0.25, -0.2) is 0 Å². The van der Waals surface area contributed by atoms with Crippen LogP contribution in [-0.4, -0.2) is 21.8 Å². The number of ketones is 1. The molecule has 0 spiro atoms. The Morgan fingerprint density at radius 1 is 0.875 bits per heavy atom. The third kappa shape index (κ3) is 3.15. The maximum Gasteiger partial charge on any atom is 0.300 e. The highest BCUT2D eigenvalue weighted by Crippen LogP contribution is 2.43. The van der Waals surface area contributed by atoms with Gasteiger partial charge in [0.25, 0.3) is 11.7 Å². The van der Waals surface area contributed by atoms with E-state index in [-0.39, 0.29) is 11.3 Å². The second kappa shape index (κ2) is 7.78. The minimum atomic E-state index is -0.773. The number of Topliss-reactive ketones (excluding diaryl/α,β-unsaturated/α-hetero) is 1. The van der Waals surface area contributed by atoms with Crippen LogP contribution in [0.1, 0.15) is 22.7 Å². The van der Waals surface area contributed by atoms with Crippen LogP contribution in [0.5, 0.6) is 0 Å². The molecule has 3 aromatic carbocycles. The number of anilines is 1. The van der Waals surface area contributed by atoms with Crippen LogP contribution in [0.2, 0.25) is 0 Å². The van der Waals surface area contributed by atoms with Gasteiger partial charge in [0, 0.05) is 23.3 Å². The largest absolute Gasteiger partial charge is 0.507 e. The smallest absolute Gasteiger partial charge is 0.300 e. The standard InChI is InChI=1S/C27H20N2O3/c1-17-9-11-20(12-10-17)25(30)23-24(19-13-15-28-16-14-19)29(27(32)26(23)31)22-8-4-6-18-5-2-3-7-21(18)22/h2-16,24,30H,1H3/b25-23+. The Kier molecular flexibility index (Phi) is 4.79. The first-order chi connectivity index (χ1) is 15.6. The van der Waals surface area contributed by atoms with Crippen LogP contribution < -0.4 is 4.90 Å². The van der Waals surface area contributed by atoms with Crippen LogP contribution in [-0.2, 0) is 9.59 Å². The summed E-state index contributed by atoms with van der Waals surface area (Å²) in [5.41, 5.74) is 2.91. The first kappa shape index (κ1) is 19.7. The number of aromatic nitrogens is 1. The van der Waals surface area contributed by atoms with Gasteiger partial charge in [0.05, 0.1) is 17.3 Å². The predicted octanol–water partition coefficient (Wildman–Crippen LogP) is 5.17. The number of aliphatic hydroxyl groups excluding tert-OH is 1. The summed E-state index contributed by atoms with van der Waals surface area (Å²) in [6.45, 7) is 1.94. The highest BCUT2D eigenvalue weighted by Gasteiger charge is 2.47. The van der Waals surface area contributed by atoms with E-state index in [4.69, 9.17) is 0 Å². The van der Waals surface area contributed by atoms with E-state index in [0.717, 1.165) is 16.3 Å². The van der Waals surface area contributed by atoms with Crippen molar-refractivity contribution in [1.29, 1.82) is 0 Å². The lowest BCUT2D eigenvalue weighted by Gasteiger charge is -2.26. The topological polar surface area (TPSA) is 70.5 Å². The Hall–Kier alpha value is -4.25. The zero-order valence-corrected chi connectivity index (χ0v) is 17.4. The van der Waals surface area contributed by atoms with Crippen LogP contribution in [0.15, 0.2) is 96.8 Å². The Morgan fingerprint density at radius 3 is 2.31 bits per heavy atom. The molecule has 1 fully saturated rings. The molecule has 1 aliphatic rings. The van der Waals surface area contributed by atoms with Crippen LogP contribution in [0.4, 0.5) is 5.69 Å². The Balaban J connectivity index is 1.77. The molecule has 32 heavy (non-hydrogen) atoms. The molecule has 5 nitrogen and oxygen atoms in total. The molecular weight excluding hydrogens is 400 g/mol. The lowest BCUT2D eigenvalue weighted by molar-refractivity contribution is -0.132. The molecule has 156 valence electrons. The molecule has 5 rings (SSSR count). The number of amides is 1. The van der Waals surface area contributed by atoms with Crippen molar-refractivity contribution < 1.29 is 14.7 Å². The van der Waals surface area contributed by atoms with Gasteiger partial charge in [-0.05, 0) is 36.1 Å². The highest BCUT2D eigenvalue weighted by atomic mass is 16.3. The average molecular weight is 420 g/mol. The van der Waals surface area contributed by atoms with Crippen molar-refractivity contribution in [2.24, 2.45) is 0 Å². The molecule has 1 aromatic heterocycles. The second-order valence-corrected chi connectivity index (χ2v) is 7.81. The van der Waals surface area contributed by atoms with Gasteiger partial charge in [-0.15, -0.1) is 0 Å². The van der Waals surface area contributed by atoms with Gasteiger partial charge < -0.3 is 5.11 Å². The predicted molar refractivity (Wildman–Crippen MR) is 124 cm³/mol. The van der Waals surface area contributed by atoms with E-state index in [1.165, 1.54) is 4.90 Å². The van der Waals surface area contributed by atoms with E-state index in [1.54, 1.807) is 36.7 Å². The number of aliphatic hydroxyl groups is 1. The monoisotopic (exact) mass is 420 g/mol. The second-order valence-electron chi connectivity index (χ2n) is 7.81. The Labute approximate surface area is 185 Å². The summed E-state index contributed by atoms with van der Waals surface area (Å²) in [5.74, 6) is -1.57. The van der Waals surface area contributed by atoms with E-state index >= 15 is 0 Å². The molecule has 0 saturated carbocycles. The minimum Gasteiger partial charge on any atom is -0.507 e. The fourth-order valence-corrected chi connectivity index (χ4v) is 4.23.